The van der Waals surface area contributed by atoms with Gasteiger partial charge in [0.2, 0.25) is 0 Å². The van der Waals surface area contributed by atoms with E-state index < -0.39 is 0 Å². The fourth-order valence-electron chi connectivity index (χ4n) is 17.5. The minimum Gasteiger partial charge on any atom is -0.340 e. The highest BCUT2D eigenvalue weighted by molar-refractivity contribution is 7.16. The van der Waals surface area contributed by atoms with Crippen LogP contribution in [-0.4, -0.2) is 39.3 Å². The van der Waals surface area contributed by atoms with Gasteiger partial charge in [0, 0.05) is 51.2 Å². The summed E-state index contributed by atoms with van der Waals surface area (Å²) in [5, 5.41) is 2.70. The van der Waals surface area contributed by atoms with Crippen molar-refractivity contribution in [3.63, 3.8) is 0 Å². The lowest BCUT2D eigenvalue weighted by Crippen LogP contribution is -2.34. The molecule has 105 heavy (non-hydrogen) atoms. The highest BCUT2D eigenvalue weighted by atomic mass is 32.1. The van der Waals surface area contributed by atoms with Crippen LogP contribution in [0.3, 0.4) is 0 Å². The quantitative estimate of drug-likeness (QED) is 0.0364. The number of benzene rings is 2. The molecule has 7 heteroatoms. The third-order valence-corrected chi connectivity index (χ3v) is 26.9. The molecule has 2 aliphatic heterocycles. The number of rotatable bonds is 61. The molecule has 0 saturated heterocycles. The van der Waals surface area contributed by atoms with E-state index in [1.165, 1.54) is 351 Å². The molecule has 0 N–H and O–H groups in total. The molecular formula is C98H159N3O2S2. The zero-order valence-corrected chi connectivity index (χ0v) is 72.0. The maximum atomic E-state index is 16.6. The van der Waals surface area contributed by atoms with E-state index >= 15 is 9.59 Å². The standard InChI is InChI=1S/C98H159N3O2S2/c1-13-19-25-31-36-40-42-46-51-57-62-79(61-55-49-44-38-33-27-21-15-3)76-100-93(88-70-69-87(104-88)81-65-67-83-84-68-66-82(97(7,8)9)74-86(84)99(85(83)73-81)75-78(59-53-30-24-18-6)60-54-48-35-29-23-17-5)91-92(96(100)103)94(89-71-72-90(105-89)98(10,11)12)101(95(91)102)77-80(63-56-50-45-39-34-28-22-16-4)64-58-52-47-43-41-37-32-26-20-14-2/h65-74,78-80H,13-64,75-77H2,1-12H3. The van der Waals surface area contributed by atoms with Crippen molar-refractivity contribution in [2.24, 2.45) is 17.8 Å². The number of carbonyl (C=O) groups is 2. The Balaban J connectivity index is 1.32. The highest BCUT2D eigenvalue weighted by Crippen LogP contribution is 2.51. The molecule has 0 fully saturated rings. The van der Waals surface area contributed by atoms with Gasteiger partial charge in [-0.1, -0.05) is 403 Å². The molecule has 2 aliphatic rings. The predicted molar refractivity (Wildman–Crippen MR) is 466 cm³/mol. The van der Waals surface area contributed by atoms with Crippen LogP contribution in [0.2, 0.25) is 0 Å². The Morgan fingerprint density at radius 2 is 0.600 bits per heavy atom. The van der Waals surface area contributed by atoms with Crippen molar-refractivity contribution in [2.45, 2.75) is 434 Å². The fourth-order valence-corrected chi connectivity index (χ4v) is 19.6. The molecule has 7 rings (SSSR count). The number of nitrogens with zero attached hydrogens (tertiary/aromatic N) is 3. The number of hydrogen-bond acceptors (Lipinski definition) is 4. The molecule has 5 nitrogen and oxygen atoms in total. The van der Waals surface area contributed by atoms with E-state index in [4.69, 9.17) is 0 Å². The predicted octanol–water partition coefficient (Wildman–Crippen LogP) is 32.2. The second-order valence-corrected chi connectivity index (χ2v) is 37.8. The molecule has 3 atom stereocenters. The van der Waals surface area contributed by atoms with Gasteiger partial charge >= 0.3 is 0 Å². The van der Waals surface area contributed by atoms with Crippen molar-refractivity contribution >= 4 is 67.7 Å². The largest absolute Gasteiger partial charge is 0.340 e. The number of thiophene rings is 2. The Morgan fingerprint density at radius 1 is 0.305 bits per heavy atom. The molecule has 0 bridgehead atoms. The summed E-state index contributed by atoms with van der Waals surface area (Å²) >= 11 is 3.65. The number of fused-ring (bicyclic) bond motifs is 4. The summed E-state index contributed by atoms with van der Waals surface area (Å²) in [6.07, 6.45) is 67.7. The summed E-state index contributed by atoms with van der Waals surface area (Å²) in [7, 11) is 0. The molecule has 5 aromatic rings. The molecule has 3 aromatic heterocycles. The maximum absolute atomic E-state index is 16.6. The normalized spacial score (nSPS) is 14.7. The van der Waals surface area contributed by atoms with Gasteiger partial charge in [0.1, 0.15) is 0 Å². The van der Waals surface area contributed by atoms with Crippen molar-refractivity contribution < 1.29 is 9.59 Å². The number of amides is 2. The van der Waals surface area contributed by atoms with E-state index in [0.717, 1.165) is 53.4 Å². The van der Waals surface area contributed by atoms with Crippen LogP contribution in [-0.2, 0) is 27.0 Å². The summed E-state index contributed by atoms with van der Waals surface area (Å²) < 4.78 is 2.75. The van der Waals surface area contributed by atoms with Crippen molar-refractivity contribution in [2.75, 3.05) is 13.1 Å². The van der Waals surface area contributed by atoms with Crippen LogP contribution < -0.4 is 0 Å². The van der Waals surface area contributed by atoms with Gasteiger partial charge in [-0.3, -0.25) is 9.59 Å². The van der Waals surface area contributed by atoms with Crippen LogP contribution in [0.1, 0.15) is 437 Å². The Kier molecular flexibility index (Phi) is 41.5. The first-order chi connectivity index (χ1) is 51.1. The van der Waals surface area contributed by atoms with Crippen molar-refractivity contribution in [3.05, 3.63) is 92.0 Å². The molecule has 0 spiro atoms. The Hall–Kier alpha value is -3.94. The van der Waals surface area contributed by atoms with Gasteiger partial charge in [-0.15, -0.1) is 22.7 Å². The van der Waals surface area contributed by atoms with E-state index in [-0.39, 0.29) is 22.6 Å². The summed E-state index contributed by atoms with van der Waals surface area (Å²) in [5.41, 5.74) is 8.47. The van der Waals surface area contributed by atoms with Crippen LogP contribution in [0.15, 0.2) is 71.8 Å². The van der Waals surface area contributed by atoms with Gasteiger partial charge < -0.3 is 14.4 Å². The lowest BCUT2D eigenvalue weighted by molar-refractivity contribution is -0.124. The monoisotopic (exact) mass is 1470 g/mol. The van der Waals surface area contributed by atoms with Crippen molar-refractivity contribution in [3.8, 4) is 10.4 Å². The van der Waals surface area contributed by atoms with Crippen LogP contribution in [0.4, 0.5) is 0 Å². The van der Waals surface area contributed by atoms with E-state index in [9.17, 15) is 0 Å². The molecular weight excluding hydrogens is 1320 g/mol. The summed E-state index contributed by atoms with van der Waals surface area (Å²) in [6.45, 7) is 30.4. The summed E-state index contributed by atoms with van der Waals surface area (Å²) in [5.74, 6) is 1.48. The average molecular weight is 1480 g/mol. The van der Waals surface area contributed by atoms with Crippen molar-refractivity contribution in [1.82, 2.24) is 14.4 Å². The average Bonchev–Trinajstić information content (AvgIpc) is 1.56. The first kappa shape index (κ1) is 88.3. The first-order valence-electron chi connectivity index (χ1n) is 45.5. The molecule has 5 heterocycles. The van der Waals surface area contributed by atoms with Gasteiger partial charge in [0.15, 0.2) is 0 Å². The van der Waals surface area contributed by atoms with Crippen molar-refractivity contribution in [1.29, 1.82) is 0 Å². The lowest BCUT2D eigenvalue weighted by atomic mass is 9.86. The summed E-state index contributed by atoms with van der Waals surface area (Å²) in [6, 6.07) is 23.9. The van der Waals surface area contributed by atoms with Crippen LogP contribution in [0.5, 0.6) is 0 Å². The van der Waals surface area contributed by atoms with Gasteiger partial charge in [-0.2, -0.15) is 0 Å². The number of carbonyl (C=O) groups excluding carboxylic acids is 2. The number of unbranched alkanes of at least 4 members (excludes halogenated alkanes) is 40. The minimum absolute atomic E-state index is 0.0332. The SMILES string of the molecule is CCCCCCCCCCCCC(CCCCCCCCCC)CN1C(=O)C2=C(c3ccc(C(C)(C)C)s3)N(CC(CCCCCCCCCC)CCCCCCCCCCCC)C(=O)C2=C1c1ccc(-c2ccc3c4ccc(C(C)(C)C)cc4n(CC(CCCCCC)CCCCCCCC)c3c2)s1. The smallest absolute Gasteiger partial charge is 0.261 e. The van der Waals surface area contributed by atoms with Crippen LogP contribution >= 0.6 is 22.7 Å². The van der Waals surface area contributed by atoms with Gasteiger partial charge in [0.05, 0.1) is 32.3 Å². The zero-order valence-electron chi connectivity index (χ0n) is 70.4. The van der Waals surface area contributed by atoms with E-state index in [1.807, 2.05) is 22.7 Å². The first-order valence-corrected chi connectivity index (χ1v) is 47.1. The number of hydrogen-bond donors (Lipinski definition) is 0. The van der Waals surface area contributed by atoms with Crippen LogP contribution in [0.25, 0.3) is 43.6 Å². The molecule has 0 aliphatic carbocycles. The van der Waals surface area contributed by atoms with E-state index in [2.05, 4.69) is 158 Å². The summed E-state index contributed by atoms with van der Waals surface area (Å²) in [4.78, 5) is 42.3. The second-order valence-electron chi connectivity index (χ2n) is 35.7. The third-order valence-electron chi connectivity index (χ3n) is 24.2. The molecule has 2 amide bonds. The van der Waals surface area contributed by atoms with E-state index in [0.29, 0.717) is 42.0 Å². The molecule has 0 radical (unpaired) electrons. The minimum atomic E-state index is -0.0628. The van der Waals surface area contributed by atoms with Gasteiger partial charge in [-0.05, 0) is 115 Å². The molecule has 2 aromatic carbocycles. The fraction of sp³-hybridized carbons (Fsp3) is 0.735. The highest BCUT2D eigenvalue weighted by Gasteiger charge is 2.50. The maximum Gasteiger partial charge on any atom is 0.261 e. The molecule has 3 unspecified atom stereocenters. The van der Waals surface area contributed by atoms with E-state index in [1.54, 1.807) is 0 Å². The lowest BCUT2D eigenvalue weighted by Gasteiger charge is -2.29. The Morgan fingerprint density at radius 3 is 0.943 bits per heavy atom. The zero-order chi connectivity index (χ0) is 75.1. The third kappa shape index (κ3) is 29.0. The molecule has 0 saturated carbocycles. The Bertz CT molecular complexity index is 3280. The second kappa shape index (κ2) is 49.3. The molecule has 590 valence electrons. The van der Waals surface area contributed by atoms with Gasteiger partial charge in [-0.25, -0.2) is 0 Å². The Labute approximate surface area is 655 Å². The number of aromatic nitrogens is 1. The van der Waals surface area contributed by atoms with Crippen LogP contribution in [0, 0.1) is 17.8 Å². The van der Waals surface area contributed by atoms with Gasteiger partial charge in [0.25, 0.3) is 11.8 Å². The topological polar surface area (TPSA) is 45.6 Å².